The number of amides is 1. The number of nitrogens with zero attached hydrogens (tertiary/aromatic N) is 5. The molecule has 0 unspecified atom stereocenters. The Morgan fingerprint density at radius 2 is 1.79 bits per heavy atom. The number of aromatic nitrogens is 3. The molecule has 2 aromatic carbocycles. The fourth-order valence-corrected chi connectivity index (χ4v) is 4.94. The van der Waals surface area contributed by atoms with Crippen LogP contribution in [0.1, 0.15) is 17.8 Å². The molecule has 1 aliphatic rings. The van der Waals surface area contributed by atoms with Gasteiger partial charge >= 0.3 is 0 Å². The molecule has 0 radical (unpaired) electrons. The van der Waals surface area contributed by atoms with E-state index in [0.717, 1.165) is 61.4 Å². The van der Waals surface area contributed by atoms with Gasteiger partial charge in [-0.3, -0.25) is 14.3 Å². The van der Waals surface area contributed by atoms with Gasteiger partial charge in [0, 0.05) is 43.4 Å². The molecule has 4 rings (SSSR count). The zero-order chi connectivity index (χ0) is 23.2. The van der Waals surface area contributed by atoms with E-state index in [4.69, 9.17) is 16.3 Å². The van der Waals surface area contributed by atoms with Crippen LogP contribution in [0.4, 0.5) is 0 Å². The van der Waals surface area contributed by atoms with Gasteiger partial charge in [-0.15, -0.1) is 10.2 Å². The maximum Gasteiger partial charge on any atom is 0.233 e. The van der Waals surface area contributed by atoms with Crippen LogP contribution in [0.15, 0.2) is 53.7 Å². The van der Waals surface area contributed by atoms with Gasteiger partial charge in [0.2, 0.25) is 5.91 Å². The van der Waals surface area contributed by atoms with Crippen LogP contribution in [0.5, 0.6) is 5.75 Å². The lowest BCUT2D eigenvalue weighted by Gasteiger charge is -2.22. The summed E-state index contributed by atoms with van der Waals surface area (Å²) in [7, 11) is 1.64. The molecule has 174 valence electrons. The lowest BCUT2D eigenvalue weighted by molar-refractivity contribution is -0.128. The highest BCUT2D eigenvalue weighted by molar-refractivity contribution is 7.99. The highest BCUT2D eigenvalue weighted by Gasteiger charge is 2.21. The van der Waals surface area contributed by atoms with E-state index >= 15 is 0 Å². The SMILES string of the molecule is COc1ccc(-n2c(C)nnc2SCC(=O)N2CCCN(Cc3ccc(Cl)cc3)CC2)cc1. The monoisotopic (exact) mass is 485 g/mol. The zero-order valence-corrected chi connectivity index (χ0v) is 20.5. The molecular formula is C24H28ClN5O2S. The smallest absolute Gasteiger partial charge is 0.233 e. The van der Waals surface area contributed by atoms with Crippen molar-refractivity contribution in [3.63, 3.8) is 0 Å². The van der Waals surface area contributed by atoms with Gasteiger partial charge in [0.15, 0.2) is 5.16 Å². The summed E-state index contributed by atoms with van der Waals surface area (Å²) in [6, 6.07) is 15.7. The molecule has 0 N–H and O–H groups in total. The average molecular weight is 486 g/mol. The Kier molecular flexibility index (Phi) is 7.90. The number of thioether (sulfide) groups is 1. The lowest BCUT2D eigenvalue weighted by Crippen LogP contribution is -2.36. The summed E-state index contributed by atoms with van der Waals surface area (Å²) < 4.78 is 7.21. The quantitative estimate of drug-likeness (QED) is 0.470. The van der Waals surface area contributed by atoms with Crippen molar-refractivity contribution < 1.29 is 9.53 Å². The van der Waals surface area contributed by atoms with Crippen LogP contribution < -0.4 is 4.74 Å². The summed E-state index contributed by atoms with van der Waals surface area (Å²) in [4.78, 5) is 17.3. The number of carbonyl (C=O) groups excluding carboxylic acids is 1. The van der Waals surface area contributed by atoms with Gasteiger partial charge in [-0.1, -0.05) is 35.5 Å². The van der Waals surface area contributed by atoms with Gasteiger partial charge in [0.1, 0.15) is 11.6 Å². The van der Waals surface area contributed by atoms with Crippen molar-refractivity contribution in [2.45, 2.75) is 25.0 Å². The number of carbonyl (C=O) groups is 1. The van der Waals surface area contributed by atoms with E-state index in [2.05, 4.69) is 27.2 Å². The standard InChI is InChI=1S/C24H28ClN5O2S/c1-18-26-27-24(30(18)21-8-10-22(32-2)11-9-21)33-17-23(31)29-13-3-12-28(14-15-29)16-19-4-6-20(25)7-5-19/h4-11H,3,12-17H2,1-2H3. The number of hydrogen-bond donors (Lipinski definition) is 0. The topological polar surface area (TPSA) is 63.5 Å². The molecule has 1 amide bonds. The van der Waals surface area contributed by atoms with Crippen LogP contribution in [-0.2, 0) is 11.3 Å². The third-order valence-corrected chi connectivity index (χ3v) is 6.88. The van der Waals surface area contributed by atoms with Crippen molar-refractivity contribution in [1.29, 1.82) is 0 Å². The largest absolute Gasteiger partial charge is 0.497 e. The summed E-state index contributed by atoms with van der Waals surface area (Å²) in [6.07, 6.45) is 0.963. The Morgan fingerprint density at radius 1 is 1.03 bits per heavy atom. The maximum absolute atomic E-state index is 13.0. The number of hydrogen-bond acceptors (Lipinski definition) is 6. The summed E-state index contributed by atoms with van der Waals surface area (Å²) in [5.41, 5.74) is 2.18. The first-order chi connectivity index (χ1) is 16.0. The Morgan fingerprint density at radius 3 is 2.52 bits per heavy atom. The zero-order valence-electron chi connectivity index (χ0n) is 18.9. The van der Waals surface area contributed by atoms with E-state index < -0.39 is 0 Å². The highest BCUT2D eigenvalue weighted by Crippen LogP contribution is 2.24. The summed E-state index contributed by atoms with van der Waals surface area (Å²) in [5, 5.41) is 9.97. The van der Waals surface area contributed by atoms with Gasteiger partial charge in [-0.2, -0.15) is 0 Å². The Labute approximate surface area is 203 Å². The minimum Gasteiger partial charge on any atom is -0.497 e. The van der Waals surface area contributed by atoms with E-state index in [0.29, 0.717) is 10.9 Å². The van der Waals surface area contributed by atoms with Gasteiger partial charge in [-0.05, 0) is 55.3 Å². The summed E-state index contributed by atoms with van der Waals surface area (Å²) >= 11 is 7.42. The van der Waals surface area contributed by atoms with Gasteiger partial charge in [-0.25, -0.2) is 0 Å². The third-order valence-electron chi connectivity index (χ3n) is 5.71. The second kappa shape index (κ2) is 11.0. The first kappa shape index (κ1) is 23.6. The number of halogens is 1. The molecule has 1 saturated heterocycles. The number of benzene rings is 2. The highest BCUT2D eigenvalue weighted by atomic mass is 35.5. The molecule has 0 atom stereocenters. The van der Waals surface area contributed by atoms with E-state index in [1.807, 2.05) is 52.8 Å². The predicted octanol–water partition coefficient (Wildman–Crippen LogP) is 4.06. The second-order valence-electron chi connectivity index (χ2n) is 7.99. The molecule has 1 aromatic heterocycles. The molecule has 9 heteroatoms. The molecular weight excluding hydrogens is 458 g/mol. The van der Waals surface area contributed by atoms with Crippen molar-refractivity contribution in [3.8, 4) is 11.4 Å². The van der Waals surface area contributed by atoms with Crippen LogP contribution in [0, 0.1) is 6.92 Å². The molecule has 2 heterocycles. The lowest BCUT2D eigenvalue weighted by atomic mass is 10.2. The van der Waals surface area contributed by atoms with Crippen LogP contribution in [0.25, 0.3) is 5.69 Å². The molecule has 1 aliphatic heterocycles. The fourth-order valence-electron chi connectivity index (χ4n) is 3.91. The number of rotatable bonds is 7. The molecule has 0 aliphatic carbocycles. The van der Waals surface area contributed by atoms with Gasteiger partial charge in [0.25, 0.3) is 0 Å². The van der Waals surface area contributed by atoms with Crippen LogP contribution in [0.3, 0.4) is 0 Å². The first-order valence-electron chi connectivity index (χ1n) is 11.0. The molecule has 7 nitrogen and oxygen atoms in total. The average Bonchev–Trinajstić information content (AvgIpc) is 3.04. The molecule has 0 spiro atoms. The molecule has 0 bridgehead atoms. The molecule has 1 fully saturated rings. The normalized spacial score (nSPS) is 14.8. The molecule has 0 saturated carbocycles. The first-order valence-corrected chi connectivity index (χ1v) is 12.3. The van der Waals surface area contributed by atoms with Crippen molar-refractivity contribution in [2.24, 2.45) is 0 Å². The summed E-state index contributed by atoms with van der Waals surface area (Å²) in [6.45, 7) is 6.13. The van der Waals surface area contributed by atoms with Gasteiger partial charge in [0.05, 0.1) is 12.9 Å². The fraction of sp³-hybridized carbons (Fsp3) is 0.375. The van der Waals surface area contributed by atoms with Crippen LogP contribution in [0.2, 0.25) is 5.02 Å². The van der Waals surface area contributed by atoms with E-state index in [1.165, 1.54) is 17.3 Å². The molecule has 33 heavy (non-hydrogen) atoms. The minimum atomic E-state index is 0.135. The van der Waals surface area contributed by atoms with Crippen molar-refractivity contribution in [2.75, 3.05) is 39.0 Å². The molecule has 3 aromatic rings. The number of ether oxygens (including phenoxy) is 1. The van der Waals surface area contributed by atoms with Crippen molar-refractivity contribution in [1.82, 2.24) is 24.6 Å². The van der Waals surface area contributed by atoms with Crippen molar-refractivity contribution in [3.05, 3.63) is 64.9 Å². The van der Waals surface area contributed by atoms with Crippen molar-refractivity contribution >= 4 is 29.3 Å². The minimum absolute atomic E-state index is 0.135. The maximum atomic E-state index is 13.0. The van der Waals surface area contributed by atoms with E-state index in [-0.39, 0.29) is 5.91 Å². The predicted molar refractivity (Wildman–Crippen MR) is 131 cm³/mol. The van der Waals surface area contributed by atoms with Gasteiger partial charge < -0.3 is 9.64 Å². The Bertz CT molecular complexity index is 1070. The second-order valence-corrected chi connectivity index (χ2v) is 9.37. The number of aryl methyl sites for hydroxylation is 1. The van der Waals surface area contributed by atoms with Crippen LogP contribution >= 0.6 is 23.4 Å². The van der Waals surface area contributed by atoms with E-state index in [1.54, 1.807) is 7.11 Å². The summed E-state index contributed by atoms with van der Waals surface area (Å²) in [5.74, 6) is 2.05. The Balaban J connectivity index is 1.33. The number of methoxy groups -OCH3 is 1. The van der Waals surface area contributed by atoms with E-state index in [9.17, 15) is 4.79 Å². The Hall–Kier alpha value is -2.55. The third kappa shape index (κ3) is 6.07. The van der Waals surface area contributed by atoms with Crippen LogP contribution in [-0.4, -0.2) is 69.5 Å².